The molecular formula is C23H28N4O3. The predicted molar refractivity (Wildman–Crippen MR) is 112 cm³/mol. The number of amides is 2. The number of piperidine rings is 1. The zero-order valence-electron chi connectivity index (χ0n) is 17.4. The molecular weight excluding hydrogens is 380 g/mol. The van der Waals surface area contributed by atoms with Crippen LogP contribution in [-0.4, -0.2) is 64.4 Å². The van der Waals surface area contributed by atoms with Crippen molar-refractivity contribution < 1.29 is 14.3 Å². The Bertz CT molecular complexity index is 881. The summed E-state index contributed by atoms with van der Waals surface area (Å²) in [5, 5.41) is 0. The molecule has 30 heavy (non-hydrogen) atoms. The summed E-state index contributed by atoms with van der Waals surface area (Å²) in [6.45, 7) is 5.50. The second-order valence-electron chi connectivity index (χ2n) is 8.32. The average Bonchev–Trinajstić information content (AvgIpc) is 3.12. The Labute approximate surface area is 177 Å². The molecule has 0 saturated carbocycles. The highest BCUT2D eigenvalue weighted by Gasteiger charge is 2.33. The Morgan fingerprint density at radius 3 is 2.63 bits per heavy atom. The normalized spacial score (nSPS) is 19.9. The lowest BCUT2D eigenvalue weighted by atomic mass is 9.95. The number of nitrogens with zero attached hydrogens (tertiary/aromatic N) is 4. The third-order valence-corrected chi connectivity index (χ3v) is 5.96. The molecule has 2 aliphatic heterocycles. The maximum Gasteiger partial charge on any atom is 0.253 e. The zero-order chi connectivity index (χ0) is 20.9. The van der Waals surface area contributed by atoms with Crippen LogP contribution in [0.25, 0.3) is 0 Å². The molecule has 2 fully saturated rings. The van der Waals surface area contributed by atoms with Gasteiger partial charge >= 0.3 is 0 Å². The monoisotopic (exact) mass is 408 g/mol. The van der Waals surface area contributed by atoms with E-state index < -0.39 is 0 Å². The van der Waals surface area contributed by atoms with Crippen molar-refractivity contribution in [2.75, 3.05) is 32.8 Å². The van der Waals surface area contributed by atoms with Gasteiger partial charge in [-0.2, -0.15) is 0 Å². The molecule has 0 aliphatic carbocycles. The molecule has 7 heteroatoms. The second kappa shape index (κ2) is 9.24. The summed E-state index contributed by atoms with van der Waals surface area (Å²) in [7, 11) is 0. The lowest BCUT2D eigenvalue weighted by Gasteiger charge is -2.34. The van der Waals surface area contributed by atoms with Crippen molar-refractivity contribution in [3.8, 4) is 5.88 Å². The molecule has 1 unspecified atom stereocenters. The summed E-state index contributed by atoms with van der Waals surface area (Å²) in [5.74, 6) is 1.53. The molecule has 2 saturated heterocycles. The Morgan fingerprint density at radius 2 is 1.90 bits per heavy atom. The number of carbonyl (C=O) groups excluding carboxylic acids is 2. The topological polar surface area (TPSA) is 75.6 Å². The van der Waals surface area contributed by atoms with Gasteiger partial charge in [-0.05, 0) is 49.4 Å². The molecule has 1 atom stereocenters. The summed E-state index contributed by atoms with van der Waals surface area (Å²) >= 11 is 0. The molecule has 0 N–H and O–H groups in total. The van der Waals surface area contributed by atoms with Gasteiger partial charge in [0, 0.05) is 68.7 Å². The zero-order valence-corrected chi connectivity index (χ0v) is 17.4. The molecule has 0 radical (unpaired) electrons. The number of hydrogen-bond acceptors (Lipinski definition) is 5. The lowest BCUT2D eigenvalue weighted by molar-refractivity contribution is -0.128. The van der Waals surface area contributed by atoms with Gasteiger partial charge in [-0.25, -0.2) is 4.98 Å². The fourth-order valence-electron chi connectivity index (χ4n) is 4.24. The SMILES string of the molecule is Cc1ccnc(OCC2CC(=O)N(CC3CCN(C(=O)c4ccncc4)CC3)C2)c1. The van der Waals surface area contributed by atoms with Gasteiger partial charge in [0.1, 0.15) is 0 Å². The maximum atomic E-state index is 12.6. The van der Waals surface area contributed by atoms with E-state index in [1.54, 1.807) is 30.7 Å². The van der Waals surface area contributed by atoms with Crippen LogP contribution in [0.2, 0.25) is 0 Å². The van der Waals surface area contributed by atoms with Gasteiger partial charge in [0.05, 0.1) is 6.61 Å². The largest absolute Gasteiger partial charge is 0.477 e. The second-order valence-corrected chi connectivity index (χ2v) is 8.32. The number of carbonyl (C=O) groups is 2. The summed E-state index contributed by atoms with van der Waals surface area (Å²) in [6.07, 6.45) is 7.42. The van der Waals surface area contributed by atoms with E-state index in [1.807, 2.05) is 28.9 Å². The minimum absolute atomic E-state index is 0.0649. The van der Waals surface area contributed by atoms with Crippen LogP contribution in [0.3, 0.4) is 0 Å². The smallest absolute Gasteiger partial charge is 0.253 e. The maximum absolute atomic E-state index is 12.6. The Balaban J connectivity index is 1.22. The van der Waals surface area contributed by atoms with Gasteiger partial charge in [-0.3, -0.25) is 14.6 Å². The molecule has 7 nitrogen and oxygen atoms in total. The summed E-state index contributed by atoms with van der Waals surface area (Å²) in [6, 6.07) is 7.36. The fraction of sp³-hybridized carbons (Fsp3) is 0.478. The number of aromatic nitrogens is 2. The molecule has 0 spiro atoms. The molecule has 0 aromatic carbocycles. The molecule has 2 aromatic rings. The van der Waals surface area contributed by atoms with Crippen LogP contribution in [0.5, 0.6) is 5.88 Å². The first-order valence-corrected chi connectivity index (χ1v) is 10.6. The number of likely N-dealkylation sites (tertiary alicyclic amines) is 2. The third-order valence-electron chi connectivity index (χ3n) is 5.96. The van der Waals surface area contributed by atoms with Crippen LogP contribution in [0.1, 0.15) is 35.2 Å². The first-order valence-electron chi connectivity index (χ1n) is 10.6. The van der Waals surface area contributed by atoms with E-state index in [0.717, 1.165) is 44.6 Å². The van der Waals surface area contributed by atoms with Crippen LogP contribution < -0.4 is 4.74 Å². The van der Waals surface area contributed by atoms with Crippen molar-refractivity contribution in [2.24, 2.45) is 11.8 Å². The highest BCUT2D eigenvalue weighted by atomic mass is 16.5. The van der Waals surface area contributed by atoms with E-state index in [2.05, 4.69) is 9.97 Å². The van der Waals surface area contributed by atoms with Gasteiger partial charge in [-0.15, -0.1) is 0 Å². The Hall–Kier alpha value is -2.96. The van der Waals surface area contributed by atoms with Gasteiger partial charge in [-0.1, -0.05) is 0 Å². The van der Waals surface area contributed by atoms with E-state index in [1.165, 1.54) is 0 Å². The number of rotatable bonds is 6. The van der Waals surface area contributed by atoms with Gasteiger partial charge in [0.25, 0.3) is 5.91 Å². The molecule has 4 heterocycles. The molecule has 4 rings (SSSR count). The van der Waals surface area contributed by atoms with E-state index >= 15 is 0 Å². The van der Waals surface area contributed by atoms with E-state index in [0.29, 0.717) is 30.4 Å². The van der Waals surface area contributed by atoms with Crippen LogP contribution in [0.15, 0.2) is 42.9 Å². The number of aryl methyl sites for hydroxylation is 1. The number of pyridine rings is 2. The van der Waals surface area contributed by atoms with Crippen LogP contribution >= 0.6 is 0 Å². The van der Waals surface area contributed by atoms with Crippen LogP contribution in [0, 0.1) is 18.8 Å². The van der Waals surface area contributed by atoms with E-state index in [9.17, 15) is 9.59 Å². The summed E-state index contributed by atoms with van der Waals surface area (Å²) in [5.41, 5.74) is 1.79. The van der Waals surface area contributed by atoms with Crippen molar-refractivity contribution in [2.45, 2.75) is 26.2 Å². The predicted octanol–water partition coefficient (Wildman–Crippen LogP) is 2.56. The summed E-state index contributed by atoms with van der Waals surface area (Å²) in [4.78, 5) is 37.1. The number of hydrogen-bond donors (Lipinski definition) is 0. The van der Waals surface area contributed by atoms with E-state index in [-0.39, 0.29) is 17.7 Å². The van der Waals surface area contributed by atoms with Crippen molar-refractivity contribution in [3.63, 3.8) is 0 Å². The van der Waals surface area contributed by atoms with Gasteiger partial charge < -0.3 is 14.5 Å². The first kappa shape index (κ1) is 20.3. The Kier molecular flexibility index (Phi) is 6.26. The third kappa shape index (κ3) is 4.96. The minimum atomic E-state index is 0.0649. The van der Waals surface area contributed by atoms with Crippen molar-refractivity contribution in [1.29, 1.82) is 0 Å². The molecule has 158 valence electrons. The standard InChI is InChI=1S/C23H28N4O3/c1-17-2-9-25-21(12-17)30-16-19-13-22(28)27(15-19)14-18-5-10-26(11-6-18)23(29)20-3-7-24-8-4-20/h2-4,7-9,12,18-19H,5-6,10-11,13-16H2,1H3. The quantitative estimate of drug-likeness (QED) is 0.734. The van der Waals surface area contributed by atoms with Crippen molar-refractivity contribution in [1.82, 2.24) is 19.8 Å². The minimum Gasteiger partial charge on any atom is -0.477 e. The highest BCUT2D eigenvalue weighted by molar-refractivity contribution is 5.94. The van der Waals surface area contributed by atoms with Crippen molar-refractivity contribution in [3.05, 3.63) is 54.0 Å². The highest BCUT2D eigenvalue weighted by Crippen LogP contribution is 2.25. The Morgan fingerprint density at radius 1 is 1.13 bits per heavy atom. The van der Waals surface area contributed by atoms with Crippen LogP contribution in [0.4, 0.5) is 0 Å². The fourth-order valence-corrected chi connectivity index (χ4v) is 4.24. The molecule has 2 aromatic heterocycles. The molecule has 2 amide bonds. The average molecular weight is 409 g/mol. The van der Waals surface area contributed by atoms with Gasteiger partial charge in [0.15, 0.2) is 0 Å². The van der Waals surface area contributed by atoms with Crippen molar-refractivity contribution >= 4 is 11.8 Å². The lowest BCUT2D eigenvalue weighted by Crippen LogP contribution is -2.42. The number of ether oxygens (including phenoxy) is 1. The molecule has 2 aliphatic rings. The molecule has 0 bridgehead atoms. The van der Waals surface area contributed by atoms with Crippen LogP contribution in [-0.2, 0) is 4.79 Å². The van der Waals surface area contributed by atoms with E-state index in [4.69, 9.17) is 4.74 Å². The van der Waals surface area contributed by atoms with Gasteiger partial charge in [0.2, 0.25) is 11.8 Å². The first-order chi connectivity index (χ1) is 14.6. The summed E-state index contributed by atoms with van der Waals surface area (Å²) < 4.78 is 5.80.